The number of nitrogens with one attached hydrogen (secondary N) is 1. The first-order valence-electron chi connectivity index (χ1n) is 12.1. The average Bonchev–Trinajstić information content (AvgIpc) is 2.89. The summed E-state index contributed by atoms with van der Waals surface area (Å²) in [5, 5.41) is 12.5. The van der Waals surface area contributed by atoms with E-state index in [-0.39, 0.29) is 33.5 Å². The van der Waals surface area contributed by atoms with Crippen LogP contribution in [0, 0.1) is 5.92 Å². The Hall–Kier alpha value is -2.82. The van der Waals surface area contributed by atoms with Gasteiger partial charge in [-0.05, 0) is 24.1 Å². The molecular formula is C28H32IN4O3-. The Bertz CT molecular complexity index is 1220. The fourth-order valence-corrected chi connectivity index (χ4v) is 5.97. The van der Waals surface area contributed by atoms with E-state index in [0.717, 1.165) is 60.7 Å². The molecule has 0 bridgehead atoms. The SMILES string of the molecule is C[I-]C(=O)C1CCCN(Cc2cccc(-c3cc(Nc4cccc(CC(N)C(=O)O)c4)ccn3)c2)C1. The topological polar surface area (TPSA) is 109 Å². The Morgan fingerprint density at radius 1 is 1.14 bits per heavy atom. The van der Waals surface area contributed by atoms with E-state index in [9.17, 15) is 9.59 Å². The number of hydrogen-bond acceptors (Lipinski definition) is 6. The van der Waals surface area contributed by atoms with Crippen molar-refractivity contribution in [2.45, 2.75) is 31.8 Å². The van der Waals surface area contributed by atoms with E-state index < -0.39 is 12.0 Å². The van der Waals surface area contributed by atoms with Gasteiger partial charge in [0, 0.05) is 5.69 Å². The van der Waals surface area contributed by atoms with E-state index in [4.69, 9.17) is 10.8 Å². The Morgan fingerprint density at radius 2 is 1.92 bits per heavy atom. The standard InChI is InChI=1S/C28H32IN4O3/c1-29-27(34)22-8-4-12-33(18-22)17-20-6-2-7-21(13-20)26-16-24(10-11-31-26)32-23-9-3-5-19(14-23)15-25(30)28(35)36/h2-3,5-7,9-11,13-14,16,22,25H,4,8,12,15,17-18,30H2,1H3,(H,31,32)(H,35,36)/q-1. The van der Waals surface area contributed by atoms with Crippen LogP contribution in [-0.4, -0.2) is 48.8 Å². The number of piperidine rings is 1. The normalized spacial score (nSPS) is 17.0. The molecular weight excluding hydrogens is 567 g/mol. The van der Waals surface area contributed by atoms with Crippen molar-refractivity contribution >= 4 is 21.1 Å². The Labute approximate surface area is 222 Å². The number of carboxylic acid groups (broad SMARTS) is 1. The van der Waals surface area contributed by atoms with Crippen molar-refractivity contribution in [2.24, 2.45) is 11.7 Å². The van der Waals surface area contributed by atoms with Crippen molar-refractivity contribution in [2.75, 3.05) is 23.3 Å². The van der Waals surface area contributed by atoms with Crippen LogP contribution in [0.25, 0.3) is 11.3 Å². The quantitative estimate of drug-likeness (QED) is 0.181. The molecule has 0 radical (unpaired) electrons. The van der Waals surface area contributed by atoms with E-state index in [0.29, 0.717) is 3.79 Å². The average molecular weight is 599 g/mol. The third-order valence-corrected chi connectivity index (χ3v) is 8.33. The number of aliphatic carboxylic acids is 1. The fraction of sp³-hybridized carbons (Fsp3) is 0.321. The van der Waals surface area contributed by atoms with Crippen molar-refractivity contribution < 1.29 is 35.9 Å². The predicted octanol–water partition coefficient (Wildman–Crippen LogP) is 0.904. The summed E-state index contributed by atoms with van der Waals surface area (Å²) in [4.78, 5) is 32.4. The summed E-state index contributed by atoms with van der Waals surface area (Å²) >= 11 is -0.337. The van der Waals surface area contributed by atoms with Gasteiger partial charge in [0.1, 0.15) is 6.04 Å². The second-order valence-electron chi connectivity index (χ2n) is 9.17. The molecule has 0 saturated carbocycles. The zero-order chi connectivity index (χ0) is 25.5. The van der Waals surface area contributed by atoms with Crippen molar-refractivity contribution in [3.63, 3.8) is 0 Å². The molecule has 3 aromatic rings. The molecule has 0 amide bonds. The molecule has 1 aliphatic heterocycles. The molecule has 2 unspecified atom stereocenters. The molecule has 0 aliphatic carbocycles. The van der Waals surface area contributed by atoms with E-state index in [1.807, 2.05) is 36.4 Å². The number of carbonyl (C=O) groups is 2. The van der Waals surface area contributed by atoms with Gasteiger partial charge >= 0.3 is 159 Å². The monoisotopic (exact) mass is 599 g/mol. The first-order chi connectivity index (χ1) is 17.4. The summed E-state index contributed by atoms with van der Waals surface area (Å²) in [5.74, 6) is -0.798. The van der Waals surface area contributed by atoms with Crippen LogP contribution in [-0.2, 0) is 22.6 Å². The van der Waals surface area contributed by atoms with Crippen molar-refractivity contribution in [3.8, 4) is 11.3 Å². The van der Waals surface area contributed by atoms with Crippen molar-refractivity contribution in [1.82, 2.24) is 9.88 Å². The maximum absolute atomic E-state index is 12.2. The van der Waals surface area contributed by atoms with E-state index in [1.54, 1.807) is 6.20 Å². The molecule has 7 nitrogen and oxygen atoms in total. The number of benzene rings is 2. The third-order valence-electron chi connectivity index (χ3n) is 6.39. The van der Waals surface area contributed by atoms with Crippen LogP contribution in [0.15, 0.2) is 66.9 Å². The zero-order valence-corrected chi connectivity index (χ0v) is 22.5. The Morgan fingerprint density at radius 3 is 2.72 bits per heavy atom. The van der Waals surface area contributed by atoms with Crippen LogP contribution in [0.4, 0.5) is 11.4 Å². The fourth-order valence-electron chi connectivity index (χ4n) is 4.58. The van der Waals surface area contributed by atoms with E-state index in [1.165, 1.54) is 5.56 Å². The summed E-state index contributed by atoms with van der Waals surface area (Å²) in [6.07, 6.45) is 4.16. The van der Waals surface area contributed by atoms with Crippen LogP contribution in [0.5, 0.6) is 0 Å². The van der Waals surface area contributed by atoms with Crippen molar-refractivity contribution in [3.05, 3.63) is 78.0 Å². The molecule has 2 aromatic carbocycles. The number of alkyl halides is 1. The van der Waals surface area contributed by atoms with Gasteiger partial charge in [-0.3, -0.25) is 4.79 Å². The molecule has 190 valence electrons. The minimum absolute atomic E-state index is 0.211. The van der Waals surface area contributed by atoms with Crippen LogP contribution in [0.2, 0.25) is 0 Å². The third kappa shape index (κ3) is 7.11. The first kappa shape index (κ1) is 26.2. The van der Waals surface area contributed by atoms with E-state index in [2.05, 4.69) is 44.4 Å². The van der Waals surface area contributed by atoms with Gasteiger partial charge in [0.15, 0.2) is 0 Å². The molecule has 2 heterocycles. The number of nitrogens with zero attached hydrogens (tertiary/aromatic N) is 2. The number of carboxylic acids is 1. The molecule has 2 atom stereocenters. The molecule has 36 heavy (non-hydrogen) atoms. The van der Waals surface area contributed by atoms with Crippen LogP contribution in [0.1, 0.15) is 24.0 Å². The number of anilines is 2. The van der Waals surface area contributed by atoms with Crippen LogP contribution in [0.3, 0.4) is 0 Å². The molecule has 1 aliphatic rings. The molecule has 1 saturated heterocycles. The molecule has 1 fully saturated rings. The van der Waals surface area contributed by atoms with E-state index >= 15 is 0 Å². The molecule has 0 spiro atoms. The number of nitrogens with two attached hydrogens (primary N) is 1. The summed E-state index contributed by atoms with van der Waals surface area (Å²) in [6.45, 7) is 2.73. The summed E-state index contributed by atoms with van der Waals surface area (Å²) in [6, 6.07) is 19.0. The number of hydrogen-bond donors (Lipinski definition) is 3. The first-order valence-corrected chi connectivity index (χ1v) is 15.3. The second kappa shape index (κ2) is 12.4. The number of rotatable bonds is 10. The predicted molar refractivity (Wildman–Crippen MR) is 138 cm³/mol. The number of likely N-dealkylation sites (tertiary alicyclic amines) is 1. The number of pyridine rings is 1. The molecule has 4 N–H and O–H groups in total. The van der Waals surface area contributed by atoms with Gasteiger partial charge in [-0.2, -0.15) is 0 Å². The summed E-state index contributed by atoms with van der Waals surface area (Å²) in [5.41, 5.74) is 11.4. The number of aromatic nitrogens is 1. The second-order valence-corrected chi connectivity index (χ2v) is 11.3. The zero-order valence-electron chi connectivity index (χ0n) is 20.4. The van der Waals surface area contributed by atoms with Gasteiger partial charge in [-0.15, -0.1) is 0 Å². The van der Waals surface area contributed by atoms with Gasteiger partial charge in [-0.1, -0.05) is 12.1 Å². The molecule has 4 rings (SSSR count). The number of halogens is 1. The van der Waals surface area contributed by atoms with Gasteiger partial charge in [0.2, 0.25) is 0 Å². The molecule has 8 heteroatoms. The van der Waals surface area contributed by atoms with Gasteiger partial charge < -0.3 is 10.8 Å². The van der Waals surface area contributed by atoms with Gasteiger partial charge in [0.25, 0.3) is 0 Å². The maximum atomic E-state index is 12.2. The van der Waals surface area contributed by atoms with Gasteiger partial charge in [0.05, 0.1) is 0 Å². The molecule has 1 aromatic heterocycles. The minimum atomic E-state index is -1.01. The Kier molecular flexibility index (Phi) is 9.06. The van der Waals surface area contributed by atoms with Crippen LogP contribution < -0.4 is 32.3 Å². The Balaban J connectivity index is 1.45. The summed E-state index contributed by atoms with van der Waals surface area (Å²) in [7, 11) is 0. The van der Waals surface area contributed by atoms with Crippen LogP contribution >= 0.6 is 0 Å². The van der Waals surface area contributed by atoms with Gasteiger partial charge in [-0.25, -0.2) is 0 Å². The van der Waals surface area contributed by atoms with Crippen molar-refractivity contribution in [1.29, 1.82) is 0 Å². The summed E-state index contributed by atoms with van der Waals surface area (Å²) < 4.78 is 0.482. The number of carbonyl (C=O) groups excluding carboxylic acids is 1.